The van der Waals surface area contributed by atoms with Crippen molar-refractivity contribution in [2.45, 2.75) is 13.8 Å². The fraction of sp³-hybridized carbons (Fsp3) is 0.222. The van der Waals surface area contributed by atoms with E-state index < -0.39 is 0 Å². The Kier molecular flexibility index (Phi) is 8.05. The molecule has 0 atom stereocenters. The highest BCUT2D eigenvalue weighted by Crippen LogP contribution is 2.06. The maximum atomic E-state index is 4.42. The van der Waals surface area contributed by atoms with Crippen LogP contribution in [-0.4, -0.2) is 28.9 Å². The van der Waals surface area contributed by atoms with Gasteiger partial charge in [0.1, 0.15) is 5.84 Å². The van der Waals surface area contributed by atoms with Crippen LogP contribution in [0.3, 0.4) is 0 Å². The topological polar surface area (TPSA) is 53.1 Å². The molecule has 0 saturated heterocycles. The second-order valence-corrected chi connectivity index (χ2v) is 4.39. The van der Waals surface area contributed by atoms with E-state index in [2.05, 4.69) is 52.5 Å². The number of aromatic amines is 1. The first-order valence-electron chi connectivity index (χ1n) is 7.37. The highest BCUT2D eigenvalue weighted by Gasteiger charge is 2.00. The number of benzene rings is 1. The zero-order valence-corrected chi connectivity index (χ0v) is 13.3. The van der Waals surface area contributed by atoms with E-state index in [1.807, 2.05) is 25.1 Å². The molecule has 2 N–H and O–H groups in total. The number of rotatable bonds is 5. The standard InChI is InChI=1S/C13H18N2.C5H6N2/c1-4-11-7-9-12(10-8-11)13(14-5-2)15-6-3;1-2-5-3-6-4-7-5/h4,7-10H,1,5-6H2,2-3H3,(H,14,15);2-4H,1H2,(H,6,7). The molecule has 0 aliphatic heterocycles. The van der Waals surface area contributed by atoms with Gasteiger partial charge in [0.15, 0.2) is 0 Å². The molecule has 2 aromatic rings. The van der Waals surface area contributed by atoms with Gasteiger partial charge in [-0.3, -0.25) is 4.99 Å². The van der Waals surface area contributed by atoms with Gasteiger partial charge in [0.05, 0.1) is 18.2 Å². The second-order valence-electron chi connectivity index (χ2n) is 4.39. The molecule has 2 rings (SSSR count). The van der Waals surface area contributed by atoms with Gasteiger partial charge in [0, 0.05) is 18.7 Å². The van der Waals surface area contributed by atoms with Crippen LogP contribution in [-0.2, 0) is 0 Å². The summed E-state index contributed by atoms with van der Waals surface area (Å²) in [6, 6.07) is 8.22. The third-order valence-corrected chi connectivity index (χ3v) is 2.82. The van der Waals surface area contributed by atoms with Crippen LogP contribution in [0.5, 0.6) is 0 Å². The number of hydrogen-bond acceptors (Lipinski definition) is 2. The van der Waals surface area contributed by atoms with Crippen molar-refractivity contribution in [1.82, 2.24) is 15.3 Å². The minimum atomic E-state index is 0.797. The zero-order valence-electron chi connectivity index (χ0n) is 13.3. The van der Waals surface area contributed by atoms with Crippen molar-refractivity contribution in [3.8, 4) is 0 Å². The third-order valence-electron chi connectivity index (χ3n) is 2.82. The van der Waals surface area contributed by atoms with Crippen LogP contribution >= 0.6 is 0 Å². The maximum absolute atomic E-state index is 4.42. The van der Waals surface area contributed by atoms with Gasteiger partial charge in [-0.15, -0.1) is 0 Å². The molecule has 4 nitrogen and oxygen atoms in total. The van der Waals surface area contributed by atoms with Crippen LogP contribution in [0.2, 0.25) is 0 Å². The average Bonchev–Trinajstić information content (AvgIpc) is 3.09. The summed E-state index contributed by atoms with van der Waals surface area (Å²) >= 11 is 0. The monoisotopic (exact) mass is 296 g/mol. The van der Waals surface area contributed by atoms with E-state index in [4.69, 9.17) is 0 Å². The maximum Gasteiger partial charge on any atom is 0.128 e. The molecular weight excluding hydrogens is 272 g/mol. The molecule has 22 heavy (non-hydrogen) atoms. The Morgan fingerprint density at radius 1 is 1.23 bits per heavy atom. The van der Waals surface area contributed by atoms with Crippen LogP contribution in [0, 0.1) is 0 Å². The van der Waals surface area contributed by atoms with Gasteiger partial charge in [-0.25, -0.2) is 4.98 Å². The van der Waals surface area contributed by atoms with E-state index in [-0.39, 0.29) is 0 Å². The fourth-order valence-electron chi connectivity index (χ4n) is 1.73. The summed E-state index contributed by atoms with van der Waals surface area (Å²) in [5.41, 5.74) is 3.22. The Hall–Kier alpha value is -2.62. The molecule has 1 heterocycles. The molecule has 0 spiro atoms. The Bertz CT molecular complexity index is 580. The predicted molar refractivity (Wildman–Crippen MR) is 96.0 cm³/mol. The number of nitrogens with zero attached hydrogens (tertiary/aromatic N) is 2. The lowest BCUT2D eigenvalue weighted by molar-refractivity contribution is 0.948. The van der Waals surface area contributed by atoms with Crippen LogP contribution in [0.25, 0.3) is 12.2 Å². The number of aromatic nitrogens is 2. The highest BCUT2D eigenvalue weighted by molar-refractivity contribution is 5.98. The third kappa shape index (κ3) is 5.79. The summed E-state index contributed by atoms with van der Waals surface area (Å²) in [6.45, 7) is 13.1. The van der Waals surface area contributed by atoms with Gasteiger partial charge < -0.3 is 10.3 Å². The molecule has 0 unspecified atom stereocenters. The number of nitrogens with one attached hydrogen (secondary N) is 2. The zero-order chi connectivity index (χ0) is 16.2. The molecule has 0 amide bonds. The number of imidazole rings is 1. The SMILES string of the molecule is C=Cc1ccc(C(=NCC)NCC)cc1.C=Cc1cnc[nH]1. The van der Waals surface area contributed by atoms with Gasteiger partial charge in [0.2, 0.25) is 0 Å². The smallest absolute Gasteiger partial charge is 0.128 e. The Morgan fingerprint density at radius 2 is 1.95 bits per heavy atom. The normalized spacial score (nSPS) is 10.4. The lowest BCUT2D eigenvalue weighted by Crippen LogP contribution is -2.24. The van der Waals surface area contributed by atoms with Crippen molar-refractivity contribution in [2.75, 3.05) is 13.1 Å². The van der Waals surface area contributed by atoms with Crippen molar-refractivity contribution in [2.24, 2.45) is 4.99 Å². The van der Waals surface area contributed by atoms with E-state index in [1.54, 1.807) is 18.6 Å². The minimum Gasteiger partial charge on any atom is -0.370 e. The summed E-state index contributed by atoms with van der Waals surface area (Å²) in [5, 5.41) is 3.26. The summed E-state index contributed by atoms with van der Waals surface area (Å²) in [4.78, 5) is 11.0. The minimum absolute atomic E-state index is 0.797. The first kappa shape index (κ1) is 17.4. The largest absolute Gasteiger partial charge is 0.370 e. The number of aliphatic imine (C=N–C) groups is 1. The molecule has 0 aliphatic rings. The van der Waals surface area contributed by atoms with Gasteiger partial charge >= 0.3 is 0 Å². The van der Waals surface area contributed by atoms with E-state index in [0.717, 1.165) is 35.7 Å². The molecule has 0 fully saturated rings. The van der Waals surface area contributed by atoms with Gasteiger partial charge in [-0.1, -0.05) is 43.5 Å². The van der Waals surface area contributed by atoms with Gasteiger partial charge in [-0.2, -0.15) is 0 Å². The van der Waals surface area contributed by atoms with Gasteiger partial charge in [0.25, 0.3) is 0 Å². The Labute approximate surface area is 132 Å². The van der Waals surface area contributed by atoms with E-state index in [9.17, 15) is 0 Å². The fourth-order valence-corrected chi connectivity index (χ4v) is 1.73. The first-order valence-corrected chi connectivity index (χ1v) is 7.37. The molecule has 1 aromatic carbocycles. The van der Waals surface area contributed by atoms with Gasteiger partial charge in [-0.05, 0) is 25.5 Å². The summed E-state index contributed by atoms with van der Waals surface area (Å²) in [5.74, 6) is 0.968. The van der Waals surface area contributed by atoms with Crippen molar-refractivity contribution in [3.63, 3.8) is 0 Å². The quantitative estimate of drug-likeness (QED) is 0.652. The molecule has 116 valence electrons. The summed E-state index contributed by atoms with van der Waals surface area (Å²) in [7, 11) is 0. The Morgan fingerprint density at radius 3 is 2.36 bits per heavy atom. The van der Waals surface area contributed by atoms with Crippen molar-refractivity contribution >= 4 is 18.0 Å². The lowest BCUT2D eigenvalue weighted by Gasteiger charge is -2.08. The molecule has 0 radical (unpaired) electrons. The Balaban J connectivity index is 0.000000287. The molecular formula is C18H24N4. The first-order chi connectivity index (χ1) is 10.7. The molecule has 0 aliphatic carbocycles. The number of H-pyrrole nitrogens is 1. The molecule has 0 bridgehead atoms. The predicted octanol–water partition coefficient (Wildman–Crippen LogP) is 3.76. The average molecular weight is 296 g/mol. The van der Waals surface area contributed by atoms with E-state index in [0.29, 0.717) is 0 Å². The number of hydrogen-bond donors (Lipinski definition) is 2. The van der Waals surface area contributed by atoms with E-state index >= 15 is 0 Å². The van der Waals surface area contributed by atoms with Crippen LogP contribution < -0.4 is 5.32 Å². The molecule has 4 heteroatoms. The second kappa shape index (κ2) is 10.2. The van der Waals surface area contributed by atoms with Crippen molar-refractivity contribution < 1.29 is 0 Å². The van der Waals surface area contributed by atoms with E-state index in [1.165, 1.54) is 0 Å². The highest BCUT2D eigenvalue weighted by atomic mass is 15.0. The van der Waals surface area contributed by atoms with Crippen LogP contribution in [0.1, 0.15) is 30.7 Å². The molecule has 1 aromatic heterocycles. The summed E-state index contributed by atoms with van der Waals surface area (Å²) < 4.78 is 0. The summed E-state index contributed by atoms with van der Waals surface area (Å²) in [6.07, 6.45) is 6.89. The van der Waals surface area contributed by atoms with Crippen molar-refractivity contribution in [3.05, 3.63) is 66.8 Å². The molecule has 0 saturated carbocycles. The van der Waals surface area contributed by atoms with Crippen LogP contribution in [0.15, 0.2) is 54.9 Å². The number of amidine groups is 1. The lowest BCUT2D eigenvalue weighted by atomic mass is 10.1. The van der Waals surface area contributed by atoms with Crippen LogP contribution in [0.4, 0.5) is 0 Å². The van der Waals surface area contributed by atoms with Crippen molar-refractivity contribution in [1.29, 1.82) is 0 Å².